The number of aromatic nitrogens is 2. The number of nitrogens with zero attached hydrogens (tertiary/aromatic N) is 4. The third kappa shape index (κ3) is 6.73. The lowest BCUT2D eigenvalue weighted by atomic mass is 10.1. The van der Waals surface area contributed by atoms with Crippen LogP contribution in [0.3, 0.4) is 0 Å². The van der Waals surface area contributed by atoms with Gasteiger partial charge < -0.3 is 23.6 Å². The van der Waals surface area contributed by atoms with Gasteiger partial charge in [0, 0.05) is 42.1 Å². The second-order valence-corrected chi connectivity index (χ2v) is 16.5. The molecule has 0 radical (unpaired) electrons. The van der Waals surface area contributed by atoms with Crippen LogP contribution in [0.15, 0.2) is 35.7 Å². The van der Waals surface area contributed by atoms with Gasteiger partial charge in [-0.05, 0) is 22.2 Å². The van der Waals surface area contributed by atoms with Crippen LogP contribution in [0.4, 0.5) is 10.3 Å². The average molecular weight is 531 g/mol. The van der Waals surface area contributed by atoms with Crippen LogP contribution in [0.5, 0.6) is 0 Å². The molecule has 0 amide bonds. The SMILES string of the molecule is CC1(C)OCC(CCON=C2CN(c3ncc(-c4cccc(CO[Si-](C)(C)C(C)(C)C)c4F)cn3)C2)O1. The van der Waals surface area contributed by atoms with E-state index in [1.54, 1.807) is 24.5 Å². The van der Waals surface area contributed by atoms with Crippen molar-refractivity contribution >= 4 is 20.0 Å². The molecule has 2 aromatic rings. The number of hydrogen-bond acceptors (Lipinski definition) is 8. The Balaban J connectivity index is 1.28. The van der Waals surface area contributed by atoms with Crippen molar-refractivity contribution in [2.75, 3.05) is 31.2 Å². The molecule has 0 aliphatic carbocycles. The number of hydrogen-bond donors (Lipinski definition) is 0. The quantitative estimate of drug-likeness (QED) is 0.239. The Bertz CT molecular complexity index is 1110. The molecule has 2 aliphatic rings. The maximum atomic E-state index is 15.3. The molecule has 203 valence electrons. The van der Waals surface area contributed by atoms with Crippen LogP contribution >= 0.6 is 0 Å². The van der Waals surface area contributed by atoms with E-state index in [4.69, 9.17) is 18.7 Å². The van der Waals surface area contributed by atoms with Crippen LogP contribution in [0.25, 0.3) is 11.1 Å². The van der Waals surface area contributed by atoms with Gasteiger partial charge in [0.15, 0.2) is 5.79 Å². The molecule has 2 saturated heterocycles. The van der Waals surface area contributed by atoms with Crippen LogP contribution in [-0.2, 0) is 25.3 Å². The van der Waals surface area contributed by atoms with E-state index < -0.39 is 14.1 Å². The Hall–Kier alpha value is -2.40. The van der Waals surface area contributed by atoms with E-state index in [0.29, 0.717) is 48.9 Å². The molecule has 3 heterocycles. The molecule has 10 heteroatoms. The lowest BCUT2D eigenvalue weighted by Crippen LogP contribution is -2.48. The number of anilines is 1. The maximum Gasteiger partial charge on any atom is 0.225 e. The molecular weight excluding hydrogens is 491 g/mol. The van der Waals surface area contributed by atoms with Crippen molar-refractivity contribution in [3.8, 4) is 11.1 Å². The minimum atomic E-state index is -1.98. The van der Waals surface area contributed by atoms with Crippen LogP contribution < -0.4 is 4.90 Å². The minimum Gasteiger partial charge on any atom is -0.561 e. The molecule has 1 unspecified atom stereocenters. The highest BCUT2D eigenvalue weighted by atomic mass is 28.4. The van der Waals surface area contributed by atoms with Gasteiger partial charge in [-0.15, -0.1) is 18.1 Å². The predicted molar refractivity (Wildman–Crippen MR) is 145 cm³/mol. The molecule has 0 bridgehead atoms. The van der Waals surface area contributed by atoms with E-state index in [1.807, 2.05) is 24.8 Å². The van der Waals surface area contributed by atoms with E-state index in [0.717, 1.165) is 12.1 Å². The number of halogens is 1. The minimum absolute atomic E-state index is 0.0373. The highest BCUT2D eigenvalue weighted by molar-refractivity contribution is 6.74. The van der Waals surface area contributed by atoms with Crippen molar-refractivity contribution in [1.29, 1.82) is 0 Å². The summed E-state index contributed by atoms with van der Waals surface area (Å²) < 4.78 is 32.9. The van der Waals surface area contributed by atoms with Gasteiger partial charge in [-0.3, -0.25) is 0 Å². The van der Waals surface area contributed by atoms with Crippen molar-refractivity contribution in [3.63, 3.8) is 0 Å². The first kappa shape index (κ1) is 27.6. The Morgan fingerprint density at radius 2 is 1.89 bits per heavy atom. The Morgan fingerprint density at radius 1 is 1.19 bits per heavy atom. The van der Waals surface area contributed by atoms with E-state index >= 15 is 4.39 Å². The highest BCUT2D eigenvalue weighted by Crippen LogP contribution is 2.37. The Labute approximate surface area is 220 Å². The molecule has 2 fully saturated rings. The average Bonchev–Trinajstić information content (AvgIpc) is 3.15. The number of ether oxygens (including phenoxy) is 2. The van der Waals surface area contributed by atoms with E-state index in [-0.39, 0.29) is 23.6 Å². The summed E-state index contributed by atoms with van der Waals surface area (Å²) in [5, 5.41) is 4.27. The third-order valence-corrected chi connectivity index (χ3v) is 11.7. The molecule has 1 aromatic carbocycles. The van der Waals surface area contributed by atoms with Gasteiger partial charge in [0.1, 0.15) is 12.4 Å². The summed E-state index contributed by atoms with van der Waals surface area (Å²) in [5.74, 6) is -0.223. The molecule has 0 spiro atoms. The van der Waals surface area contributed by atoms with Crippen LogP contribution in [-0.4, -0.2) is 62.2 Å². The maximum absolute atomic E-state index is 15.3. The second-order valence-electron chi connectivity index (χ2n) is 11.7. The lowest BCUT2D eigenvalue weighted by Gasteiger charge is -2.48. The van der Waals surface area contributed by atoms with Crippen molar-refractivity contribution in [1.82, 2.24) is 9.97 Å². The molecule has 4 rings (SSSR count). The van der Waals surface area contributed by atoms with Crippen molar-refractivity contribution in [2.45, 2.75) is 77.7 Å². The fraction of sp³-hybridized carbons (Fsp3) is 0.593. The molecule has 2 aliphatic heterocycles. The Morgan fingerprint density at radius 3 is 2.51 bits per heavy atom. The van der Waals surface area contributed by atoms with E-state index in [2.05, 4.69) is 49.0 Å². The first-order valence-electron chi connectivity index (χ1n) is 12.8. The monoisotopic (exact) mass is 530 g/mol. The molecule has 1 atom stereocenters. The zero-order chi connectivity index (χ0) is 26.8. The zero-order valence-electron chi connectivity index (χ0n) is 23.0. The largest absolute Gasteiger partial charge is 0.561 e. The molecule has 37 heavy (non-hydrogen) atoms. The normalized spacial score (nSPS) is 19.6. The van der Waals surface area contributed by atoms with Crippen LogP contribution in [0, 0.1) is 5.82 Å². The zero-order valence-corrected chi connectivity index (χ0v) is 24.0. The topological polar surface area (TPSA) is 78.3 Å². The highest BCUT2D eigenvalue weighted by Gasteiger charge is 2.32. The van der Waals surface area contributed by atoms with E-state index in [9.17, 15) is 0 Å². The molecular formula is C27H39FN4O4Si-. The molecule has 1 aromatic heterocycles. The smallest absolute Gasteiger partial charge is 0.225 e. The fourth-order valence-corrected chi connectivity index (χ4v) is 4.78. The number of rotatable bonds is 9. The number of oxime groups is 1. The second kappa shape index (κ2) is 10.8. The van der Waals surface area contributed by atoms with Gasteiger partial charge in [0.25, 0.3) is 0 Å². The summed E-state index contributed by atoms with van der Waals surface area (Å²) in [6, 6.07) is 5.38. The van der Waals surface area contributed by atoms with Gasteiger partial charge in [-0.2, -0.15) is 0 Å². The summed E-state index contributed by atoms with van der Waals surface area (Å²) in [5.41, 5.74) is 2.58. The third-order valence-electron chi connectivity index (χ3n) is 7.24. The van der Waals surface area contributed by atoms with Crippen molar-refractivity contribution in [3.05, 3.63) is 42.0 Å². The predicted octanol–water partition coefficient (Wildman–Crippen LogP) is 5.54. The Kier molecular flexibility index (Phi) is 8.03. The summed E-state index contributed by atoms with van der Waals surface area (Å²) in [7, 11) is -1.98. The van der Waals surface area contributed by atoms with Crippen LogP contribution in [0.1, 0.15) is 46.6 Å². The summed E-state index contributed by atoms with van der Waals surface area (Å²) in [4.78, 5) is 16.4. The molecule has 0 N–H and O–H groups in total. The molecule has 0 saturated carbocycles. The van der Waals surface area contributed by atoms with Gasteiger partial charge >= 0.3 is 0 Å². The summed E-state index contributed by atoms with van der Waals surface area (Å²) >= 11 is 0. The van der Waals surface area contributed by atoms with Crippen molar-refractivity contribution < 1.29 is 23.1 Å². The first-order valence-corrected chi connectivity index (χ1v) is 15.7. The van der Waals surface area contributed by atoms with Gasteiger partial charge in [-0.25, -0.2) is 14.4 Å². The fourth-order valence-electron chi connectivity index (χ4n) is 3.83. The first-order chi connectivity index (χ1) is 17.3. The summed E-state index contributed by atoms with van der Waals surface area (Å²) in [6.07, 6.45) is 4.09. The summed E-state index contributed by atoms with van der Waals surface area (Å²) in [6.45, 7) is 17.2. The van der Waals surface area contributed by atoms with E-state index in [1.165, 1.54) is 0 Å². The van der Waals surface area contributed by atoms with Gasteiger partial charge in [0.2, 0.25) is 5.95 Å². The van der Waals surface area contributed by atoms with Crippen LogP contribution in [0.2, 0.25) is 18.1 Å². The van der Waals surface area contributed by atoms with Gasteiger partial charge in [0.05, 0.1) is 31.5 Å². The number of benzene rings is 1. The standard InChI is InChI=1S/C27H39FN4O4Si/c1-26(2,3)37(6,7)35-17-19-9-8-10-23(24(19)28)20-13-29-25(30-14-20)32-15-21(16-32)31-34-12-11-22-18-33-27(4,5)36-22/h8-10,13-14,22H,11-12,15-18H2,1-7H3/q-1. The van der Waals surface area contributed by atoms with Gasteiger partial charge in [-0.1, -0.05) is 44.1 Å². The van der Waals surface area contributed by atoms with Crippen molar-refractivity contribution in [2.24, 2.45) is 5.16 Å². The molecule has 8 nitrogen and oxygen atoms in total. The lowest BCUT2D eigenvalue weighted by molar-refractivity contribution is -0.140.